The van der Waals surface area contributed by atoms with E-state index in [1.807, 2.05) is 49.3 Å². The van der Waals surface area contributed by atoms with Crippen molar-refractivity contribution in [1.82, 2.24) is 25.1 Å². The van der Waals surface area contributed by atoms with Crippen LogP contribution in [0, 0.1) is 11.3 Å². The summed E-state index contributed by atoms with van der Waals surface area (Å²) in [6, 6.07) is 13.4. The van der Waals surface area contributed by atoms with Crippen LogP contribution in [0.1, 0.15) is 5.82 Å². The van der Waals surface area contributed by atoms with Crippen LogP contribution in [-0.4, -0.2) is 65.9 Å². The van der Waals surface area contributed by atoms with Crippen molar-refractivity contribution in [2.24, 2.45) is 0 Å². The molecule has 1 N–H and O–H groups in total. The summed E-state index contributed by atoms with van der Waals surface area (Å²) < 4.78 is 0. The van der Waals surface area contributed by atoms with Gasteiger partial charge in [-0.1, -0.05) is 41.4 Å². The van der Waals surface area contributed by atoms with Crippen molar-refractivity contribution in [3.8, 4) is 17.2 Å². The number of aromatic nitrogens is 2. The van der Waals surface area contributed by atoms with Crippen LogP contribution in [0.2, 0.25) is 10.0 Å². The number of piperazine rings is 1. The lowest BCUT2D eigenvalue weighted by atomic mass is 9.94. The molecule has 4 rings (SSSR count). The second kappa shape index (κ2) is 10.1. The molecule has 1 atom stereocenters. The number of fused-ring (bicyclic) bond motifs is 1. The van der Waals surface area contributed by atoms with Gasteiger partial charge in [0.1, 0.15) is 6.07 Å². The molecule has 34 heavy (non-hydrogen) atoms. The van der Waals surface area contributed by atoms with Crippen molar-refractivity contribution in [2.45, 2.75) is 5.54 Å². The van der Waals surface area contributed by atoms with Gasteiger partial charge in [-0.15, -0.1) is 0 Å². The molecule has 1 aliphatic heterocycles. The van der Waals surface area contributed by atoms with Crippen LogP contribution in [0.5, 0.6) is 0 Å². The van der Waals surface area contributed by atoms with Crippen molar-refractivity contribution in [2.75, 3.05) is 40.3 Å². The zero-order valence-corrected chi connectivity index (χ0v) is 20.4. The maximum atomic E-state index is 13.0. The Hall–Kier alpha value is -3.02. The van der Waals surface area contributed by atoms with Gasteiger partial charge in [-0.2, -0.15) is 5.26 Å². The lowest BCUT2D eigenvalue weighted by molar-refractivity contribution is -0.132. The number of nitrogens with zero attached hydrogens (tertiary/aromatic N) is 5. The fourth-order valence-electron chi connectivity index (χ4n) is 3.95. The number of carbonyl (C=O) groups is 1. The number of likely N-dealkylation sites (N-methyl/N-ethyl adjacent to an activating group) is 1. The van der Waals surface area contributed by atoms with Crippen molar-refractivity contribution >= 4 is 40.0 Å². The number of nitriles is 1. The van der Waals surface area contributed by atoms with Crippen LogP contribution in [0.4, 0.5) is 0 Å². The SMILES string of the molecule is CN(C)C/C=C/C(=O)N1CCNCC1(C#N)c1ncc2cc(-c3ccc(Cl)cc3)c(Cl)cc2n1. The van der Waals surface area contributed by atoms with E-state index >= 15 is 0 Å². The summed E-state index contributed by atoms with van der Waals surface area (Å²) in [5, 5.41) is 15.4. The van der Waals surface area contributed by atoms with Gasteiger partial charge >= 0.3 is 0 Å². The number of halogens is 2. The number of benzene rings is 2. The van der Waals surface area contributed by atoms with Gasteiger partial charge in [-0.3, -0.25) is 4.79 Å². The zero-order chi connectivity index (χ0) is 24.3. The standard InChI is InChI=1S/C25H24Cl2N6O/c1-32(2)10-3-4-23(34)33-11-9-29-16-25(33,15-28)24-30-14-18-12-20(21(27)13-22(18)31-24)17-5-7-19(26)8-6-17/h3-8,12-14,29H,9-11,16H2,1-2H3/b4-3+. The Morgan fingerprint density at radius 2 is 2.06 bits per heavy atom. The smallest absolute Gasteiger partial charge is 0.247 e. The minimum atomic E-state index is -1.33. The van der Waals surface area contributed by atoms with Crippen molar-refractivity contribution in [1.29, 1.82) is 5.26 Å². The molecule has 2 aromatic carbocycles. The first-order chi connectivity index (χ1) is 16.3. The highest BCUT2D eigenvalue weighted by atomic mass is 35.5. The summed E-state index contributed by atoms with van der Waals surface area (Å²) in [6.45, 7) is 1.81. The normalized spacial score (nSPS) is 18.5. The Bertz CT molecular complexity index is 1290. The predicted octanol–water partition coefficient (Wildman–Crippen LogP) is 3.87. The number of carbonyl (C=O) groups excluding carboxylic acids is 1. The summed E-state index contributed by atoms with van der Waals surface area (Å²) in [6.07, 6.45) is 4.96. The van der Waals surface area contributed by atoms with Gasteiger partial charge in [-0.25, -0.2) is 9.97 Å². The summed E-state index contributed by atoms with van der Waals surface area (Å²) in [7, 11) is 3.84. The Labute approximate surface area is 208 Å². The molecule has 1 aliphatic rings. The highest BCUT2D eigenvalue weighted by Crippen LogP contribution is 2.34. The number of nitrogens with one attached hydrogen (secondary N) is 1. The second-order valence-electron chi connectivity index (χ2n) is 8.39. The summed E-state index contributed by atoms with van der Waals surface area (Å²) in [5.41, 5.74) is 1.03. The molecule has 1 aromatic heterocycles. The summed E-state index contributed by atoms with van der Waals surface area (Å²) in [4.78, 5) is 25.7. The first-order valence-corrected chi connectivity index (χ1v) is 11.6. The molecule has 0 aliphatic carbocycles. The number of hydrogen-bond donors (Lipinski definition) is 1. The monoisotopic (exact) mass is 494 g/mol. The molecular formula is C25H24Cl2N6O. The van der Waals surface area contributed by atoms with Gasteiger partial charge in [0.2, 0.25) is 11.4 Å². The van der Waals surface area contributed by atoms with Gasteiger partial charge < -0.3 is 15.1 Å². The van der Waals surface area contributed by atoms with Gasteiger partial charge in [-0.05, 0) is 43.9 Å². The molecule has 2 heterocycles. The highest BCUT2D eigenvalue weighted by molar-refractivity contribution is 6.34. The molecule has 3 aromatic rings. The predicted molar refractivity (Wildman–Crippen MR) is 135 cm³/mol. The lowest BCUT2D eigenvalue weighted by Crippen LogP contribution is -2.60. The highest BCUT2D eigenvalue weighted by Gasteiger charge is 2.45. The molecule has 0 spiro atoms. The van der Waals surface area contributed by atoms with Gasteiger partial charge in [0.05, 0.1) is 10.5 Å². The van der Waals surface area contributed by atoms with Gasteiger partial charge in [0.25, 0.3) is 0 Å². The minimum absolute atomic E-state index is 0.235. The third-order valence-electron chi connectivity index (χ3n) is 5.73. The Kier molecular flexibility index (Phi) is 7.15. The van der Waals surface area contributed by atoms with Crippen LogP contribution in [-0.2, 0) is 10.3 Å². The van der Waals surface area contributed by atoms with Crippen LogP contribution < -0.4 is 5.32 Å². The van der Waals surface area contributed by atoms with E-state index in [0.717, 1.165) is 16.5 Å². The van der Waals surface area contributed by atoms with Crippen molar-refractivity contribution in [3.05, 3.63) is 70.6 Å². The molecule has 174 valence electrons. The molecule has 1 fully saturated rings. The van der Waals surface area contributed by atoms with Crippen LogP contribution in [0.15, 0.2) is 54.7 Å². The van der Waals surface area contributed by atoms with Crippen LogP contribution in [0.25, 0.3) is 22.0 Å². The minimum Gasteiger partial charge on any atom is -0.312 e. The Balaban J connectivity index is 1.73. The van der Waals surface area contributed by atoms with Gasteiger partial charge in [0.15, 0.2) is 5.82 Å². The second-order valence-corrected chi connectivity index (χ2v) is 9.24. The number of hydrogen-bond acceptors (Lipinski definition) is 6. The largest absolute Gasteiger partial charge is 0.312 e. The maximum absolute atomic E-state index is 13.0. The first-order valence-electron chi connectivity index (χ1n) is 10.8. The van der Waals surface area contributed by atoms with E-state index < -0.39 is 5.54 Å². The van der Waals surface area contributed by atoms with E-state index in [1.165, 1.54) is 6.08 Å². The molecule has 0 radical (unpaired) electrons. The quantitative estimate of drug-likeness (QED) is 0.541. The molecule has 9 heteroatoms. The first kappa shape index (κ1) is 24.1. The van der Waals surface area contributed by atoms with Gasteiger partial charge in [0, 0.05) is 54.4 Å². The van der Waals surface area contributed by atoms with E-state index in [1.54, 1.807) is 23.2 Å². The van der Waals surface area contributed by atoms with Crippen LogP contribution in [0.3, 0.4) is 0 Å². The molecule has 0 saturated carbocycles. The molecule has 1 unspecified atom stereocenters. The summed E-state index contributed by atoms with van der Waals surface area (Å²) in [5.74, 6) is 0.0177. The fourth-order valence-corrected chi connectivity index (χ4v) is 4.35. The average molecular weight is 495 g/mol. The van der Waals surface area contributed by atoms with E-state index in [-0.39, 0.29) is 18.3 Å². The van der Waals surface area contributed by atoms with E-state index in [2.05, 4.69) is 21.4 Å². The molecular weight excluding hydrogens is 471 g/mol. The number of amides is 1. The van der Waals surface area contributed by atoms with Crippen LogP contribution >= 0.6 is 23.2 Å². The third-order valence-corrected chi connectivity index (χ3v) is 6.29. The average Bonchev–Trinajstić information content (AvgIpc) is 2.83. The summed E-state index contributed by atoms with van der Waals surface area (Å²) >= 11 is 12.6. The van der Waals surface area contributed by atoms with Crippen molar-refractivity contribution in [3.63, 3.8) is 0 Å². The lowest BCUT2D eigenvalue weighted by Gasteiger charge is -2.41. The molecule has 0 bridgehead atoms. The topological polar surface area (TPSA) is 85.2 Å². The molecule has 7 nitrogen and oxygen atoms in total. The molecule has 1 amide bonds. The van der Waals surface area contributed by atoms with E-state index in [4.69, 9.17) is 23.2 Å². The Morgan fingerprint density at radius 1 is 1.29 bits per heavy atom. The van der Waals surface area contributed by atoms with Crippen molar-refractivity contribution < 1.29 is 4.79 Å². The number of rotatable bonds is 5. The fraction of sp³-hybridized carbons (Fsp3) is 0.280. The zero-order valence-electron chi connectivity index (χ0n) is 18.9. The van der Waals surface area contributed by atoms with E-state index in [0.29, 0.717) is 35.2 Å². The maximum Gasteiger partial charge on any atom is 0.247 e. The third kappa shape index (κ3) is 4.77. The molecule has 1 saturated heterocycles. The van der Waals surface area contributed by atoms with E-state index in [9.17, 15) is 10.1 Å². The Morgan fingerprint density at radius 3 is 2.76 bits per heavy atom.